The SMILES string of the molecule is CC(C)C(NC(=O)CNC(=O)C(=O)O)C(=O)NCC(=O)N[C@@H](C)CC(=O)Nc1ccc(C(=O)O)cc1. The maximum absolute atomic E-state index is 12.4. The van der Waals surface area contributed by atoms with Crippen LogP contribution in [0.3, 0.4) is 0 Å². The van der Waals surface area contributed by atoms with Gasteiger partial charge >= 0.3 is 17.8 Å². The Kier molecular flexibility index (Phi) is 11.5. The predicted molar refractivity (Wildman–Crippen MR) is 125 cm³/mol. The van der Waals surface area contributed by atoms with Crippen LogP contribution in [0.15, 0.2) is 24.3 Å². The maximum atomic E-state index is 12.4. The number of carbonyl (C=O) groups is 7. The summed E-state index contributed by atoms with van der Waals surface area (Å²) in [5.41, 5.74) is 0.458. The zero-order valence-electron chi connectivity index (χ0n) is 19.9. The average Bonchev–Trinajstić information content (AvgIpc) is 2.79. The van der Waals surface area contributed by atoms with Gasteiger partial charge in [0, 0.05) is 18.2 Å². The Morgan fingerprint density at radius 2 is 1.33 bits per heavy atom. The molecule has 1 rings (SSSR count). The quantitative estimate of drug-likeness (QED) is 0.166. The lowest BCUT2D eigenvalue weighted by Crippen LogP contribution is -2.53. The summed E-state index contributed by atoms with van der Waals surface area (Å²) in [6.45, 7) is 3.77. The fourth-order valence-corrected chi connectivity index (χ4v) is 2.84. The molecular weight excluding hydrogens is 478 g/mol. The lowest BCUT2D eigenvalue weighted by Gasteiger charge is -2.22. The summed E-state index contributed by atoms with van der Waals surface area (Å²) >= 11 is 0. The molecule has 0 saturated heterocycles. The van der Waals surface area contributed by atoms with Crippen molar-refractivity contribution in [2.75, 3.05) is 18.4 Å². The van der Waals surface area contributed by atoms with Gasteiger partial charge in [-0.3, -0.25) is 24.0 Å². The van der Waals surface area contributed by atoms with Crippen LogP contribution in [0.4, 0.5) is 5.69 Å². The molecule has 14 heteroatoms. The van der Waals surface area contributed by atoms with Crippen LogP contribution in [-0.4, -0.2) is 76.9 Å². The van der Waals surface area contributed by atoms with E-state index in [2.05, 4.69) is 21.3 Å². The van der Waals surface area contributed by atoms with Crippen LogP contribution in [0, 0.1) is 5.92 Å². The first-order valence-electron chi connectivity index (χ1n) is 10.8. The molecule has 0 heterocycles. The van der Waals surface area contributed by atoms with Gasteiger partial charge in [-0.25, -0.2) is 9.59 Å². The van der Waals surface area contributed by atoms with E-state index in [0.29, 0.717) is 5.69 Å². The summed E-state index contributed by atoms with van der Waals surface area (Å²) in [5, 5.41) is 29.1. The normalized spacial score (nSPS) is 12.0. The van der Waals surface area contributed by atoms with E-state index in [-0.39, 0.29) is 17.9 Å². The van der Waals surface area contributed by atoms with Crippen molar-refractivity contribution >= 4 is 47.2 Å². The highest BCUT2D eigenvalue weighted by molar-refractivity contribution is 6.31. The van der Waals surface area contributed by atoms with Gasteiger partial charge < -0.3 is 36.8 Å². The average molecular weight is 508 g/mol. The predicted octanol–water partition coefficient (Wildman–Crippen LogP) is -1.32. The van der Waals surface area contributed by atoms with Crippen LogP contribution >= 0.6 is 0 Å². The monoisotopic (exact) mass is 507 g/mol. The fourth-order valence-electron chi connectivity index (χ4n) is 2.84. The zero-order chi connectivity index (χ0) is 27.4. The van der Waals surface area contributed by atoms with E-state index < -0.39 is 66.6 Å². The number of carboxylic acid groups (broad SMARTS) is 2. The number of benzene rings is 1. The summed E-state index contributed by atoms with van der Waals surface area (Å²) in [6, 6.07) is 3.90. The van der Waals surface area contributed by atoms with E-state index in [1.165, 1.54) is 24.3 Å². The number of rotatable bonds is 12. The molecule has 0 radical (unpaired) electrons. The van der Waals surface area contributed by atoms with Gasteiger partial charge in [-0.15, -0.1) is 0 Å². The van der Waals surface area contributed by atoms with Crippen LogP contribution in [0.25, 0.3) is 0 Å². The Bertz CT molecular complexity index is 1010. The highest BCUT2D eigenvalue weighted by Gasteiger charge is 2.25. The summed E-state index contributed by atoms with van der Waals surface area (Å²) in [7, 11) is 0. The van der Waals surface area contributed by atoms with Crippen molar-refractivity contribution in [2.24, 2.45) is 5.92 Å². The molecule has 1 aromatic rings. The van der Waals surface area contributed by atoms with Gasteiger partial charge in [0.2, 0.25) is 23.6 Å². The van der Waals surface area contributed by atoms with Crippen LogP contribution in [0.5, 0.6) is 0 Å². The second kappa shape index (κ2) is 14.0. The number of hydrogen-bond donors (Lipinski definition) is 7. The molecular formula is C22H29N5O9. The molecule has 2 atom stereocenters. The third-order valence-corrected chi connectivity index (χ3v) is 4.61. The van der Waals surface area contributed by atoms with Crippen LogP contribution in [0.2, 0.25) is 0 Å². The van der Waals surface area contributed by atoms with Crippen molar-refractivity contribution in [2.45, 2.75) is 39.3 Å². The number of hydrogen-bond acceptors (Lipinski definition) is 7. The minimum absolute atomic E-state index is 0.0694. The first-order chi connectivity index (χ1) is 16.8. The van der Waals surface area contributed by atoms with E-state index in [1.807, 2.05) is 5.32 Å². The van der Waals surface area contributed by atoms with Gasteiger partial charge in [-0.1, -0.05) is 13.8 Å². The third kappa shape index (κ3) is 10.6. The highest BCUT2D eigenvalue weighted by Crippen LogP contribution is 2.10. The number of anilines is 1. The molecule has 1 unspecified atom stereocenters. The smallest absolute Gasteiger partial charge is 0.394 e. The van der Waals surface area contributed by atoms with Gasteiger partial charge in [0.25, 0.3) is 0 Å². The van der Waals surface area contributed by atoms with Crippen molar-refractivity contribution in [1.29, 1.82) is 0 Å². The summed E-state index contributed by atoms with van der Waals surface area (Å²) in [6.07, 6.45) is -0.0902. The molecule has 5 amide bonds. The van der Waals surface area contributed by atoms with Crippen molar-refractivity contribution in [3.63, 3.8) is 0 Å². The molecule has 1 aromatic carbocycles. The van der Waals surface area contributed by atoms with E-state index in [0.717, 1.165) is 0 Å². The second-order valence-corrected chi connectivity index (χ2v) is 8.10. The summed E-state index contributed by atoms with van der Waals surface area (Å²) in [5.74, 6) is -7.08. The van der Waals surface area contributed by atoms with E-state index >= 15 is 0 Å². The zero-order valence-corrected chi connectivity index (χ0v) is 19.9. The van der Waals surface area contributed by atoms with Gasteiger partial charge in [0.1, 0.15) is 6.04 Å². The molecule has 0 aliphatic rings. The molecule has 0 saturated carbocycles. The standard InChI is InChI=1S/C22H29N5O9/c1-11(2)18(27-17(30)10-24-20(32)22(35)36)19(31)23-9-16(29)25-12(3)8-15(28)26-14-6-4-13(5-7-14)21(33)34/h4-7,11-12,18H,8-10H2,1-3H3,(H,23,31)(H,24,32)(H,25,29)(H,26,28)(H,27,30)(H,33,34)(H,35,36)/t12-,18?/m0/s1. The first-order valence-corrected chi connectivity index (χ1v) is 10.8. The molecule has 14 nitrogen and oxygen atoms in total. The third-order valence-electron chi connectivity index (χ3n) is 4.61. The summed E-state index contributed by atoms with van der Waals surface area (Å²) in [4.78, 5) is 80.9. The summed E-state index contributed by atoms with van der Waals surface area (Å²) < 4.78 is 0. The number of aliphatic carboxylic acids is 1. The van der Waals surface area contributed by atoms with Gasteiger partial charge in [-0.05, 0) is 37.1 Å². The number of carboxylic acids is 2. The Balaban J connectivity index is 2.47. The first kappa shape index (κ1) is 29.5. The second-order valence-electron chi connectivity index (χ2n) is 8.10. The van der Waals surface area contributed by atoms with Gasteiger partial charge in [-0.2, -0.15) is 0 Å². The molecule has 7 N–H and O–H groups in total. The Labute approximate surface area is 206 Å². The molecule has 36 heavy (non-hydrogen) atoms. The Morgan fingerprint density at radius 3 is 1.86 bits per heavy atom. The molecule has 0 spiro atoms. The number of carbonyl (C=O) groups excluding carboxylic acids is 5. The fraction of sp³-hybridized carbons (Fsp3) is 0.409. The molecule has 0 aliphatic carbocycles. The molecule has 0 fully saturated rings. The number of nitrogens with one attached hydrogen (secondary N) is 5. The molecule has 0 aliphatic heterocycles. The van der Waals surface area contributed by atoms with Crippen molar-refractivity contribution in [3.8, 4) is 0 Å². The maximum Gasteiger partial charge on any atom is 0.394 e. The number of amides is 5. The van der Waals surface area contributed by atoms with E-state index in [4.69, 9.17) is 10.2 Å². The lowest BCUT2D eigenvalue weighted by molar-refractivity contribution is -0.150. The molecule has 0 aromatic heterocycles. The topological polar surface area (TPSA) is 220 Å². The van der Waals surface area contributed by atoms with Crippen molar-refractivity contribution in [1.82, 2.24) is 21.3 Å². The molecule has 196 valence electrons. The van der Waals surface area contributed by atoms with E-state index in [1.54, 1.807) is 20.8 Å². The van der Waals surface area contributed by atoms with Crippen LogP contribution in [0.1, 0.15) is 37.6 Å². The lowest BCUT2D eigenvalue weighted by atomic mass is 10.0. The minimum Gasteiger partial charge on any atom is -0.478 e. The van der Waals surface area contributed by atoms with Crippen LogP contribution < -0.4 is 26.6 Å². The van der Waals surface area contributed by atoms with Gasteiger partial charge in [0.15, 0.2) is 0 Å². The Morgan fingerprint density at radius 1 is 0.778 bits per heavy atom. The van der Waals surface area contributed by atoms with E-state index in [9.17, 15) is 33.6 Å². The largest absolute Gasteiger partial charge is 0.478 e. The van der Waals surface area contributed by atoms with Crippen molar-refractivity contribution in [3.05, 3.63) is 29.8 Å². The Hall–Kier alpha value is -4.49. The molecule has 0 bridgehead atoms. The minimum atomic E-state index is -1.76. The van der Waals surface area contributed by atoms with Crippen molar-refractivity contribution < 1.29 is 43.8 Å². The van der Waals surface area contributed by atoms with Gasteiger partial charge in [0.05, 0.1) is 18.7 Å². The van der Waals surface area contributed by atoms with Crippen LogP contribution in [-0.2, 0) is 28.8 Å². The highest BCUT2D eigenvalue weighted by atomic mass is 16.4. The number of aromatic carboxylic acids is 1.